The summed E-state index contributed by atoms with van der Waals surface area (Å²) in [5.41, 5.74) is 0.0164. The van der Waals surface area contributed by atoms with Crippen molar-refractivity contribution in [2.45, 2.75) is 6.92 Å². The molecule has 1 unspecified atom stereocenters. The third-order valence-corrected chi connectivity index (χ3v) is 1.98. The van der Waals surface area contributed by atoms with Crippen LogP contribution in [0.4, 0.5) is 0 Å². The monoisotopic (exact) mass is 187 g/mol. The molecule has 0 saturated carbocycles. The average Bonchev–Trinajstić information content (AvgIpc) is 2.13. The standard InChI is InChI=1S/C10H21NO2/c1-5-10(2,9-13-4)8-11-6-7-12-3/h5,11H,1,6-9H2,2-4H3. The Kier molecular flexibility index (Phi) is 6.86. The van der Waals surface area contributed by atoms with E-state index in [0.717, 1.165) is 19.7 Å². The van der Waals surface area contributed by atoms with E-state index in [-0.39, 0.29) is 5.41 Å². The Morgan fingerprint density at radius 1 is 1.38 bits per heavy atom. The molecule has 0 amide bonds. The zero-order valence-corrected chi connectivity index (χ0v) is 8.93. The molecule has 0 aromatic heterocycles. The lowest BCUT2D eigenvalue weighted by molar-refractivity contribution is 0.118. The second kappa shape index (κ2) is 7.06. The third-order valence-electron chi connectivity index (χ3n) is 1.98. The Morgan fingerprint density at radius 2 is 2.08 bits per heavy atom. The van der Waals surface area contributed by atoms with Gasteiger partial charge in [0.15, 0.2) is 0 Å². The highest BCUT2D eigenvalue weighted by molar-refractivity contribution is 4.92. The first-order valence-electron chi connectivity index (χ1n) is 4.50. The second-order valence-corrected chi connectivity index (χ2v) is 3.46. The minimum atomic E-state index is 0.0164. The summed E-state index contributed by atoms with van der Waals surface area (Å²) in [6.07, 6.45) is 1.93. The van der Waals surface area contributed by atoms with E-state index in [0.29, 0.717) is 6.61 Å². The fourth-order valence-electron chi connectivity index (χ4n) is 1.06. The molecule has 13 heavy (non-hydrogen) atoms. The van der Waals surface area contributed by atoms with Crippen LogP contribution in [0.2, 0.25) is 0 Å². The van der Waals surface area contributed by atoms with Gasteiger partial charge in [0, 0.05) is 32.7 Å². The van der Waals surface area contributed by atoms with E-state index in [1.807, 2.05) is 6.08 Å². The van der Waals surface area contributed by atoms with Crippen LogP contribution in [0.3, 0.4) is 0 Å². The molecular weight excluding hydrogens is 166 g/mol. The molecule has 0 aliphatic rings. The molecule has 1 N–H and O–H groups in total. The summed E-state index contributed by atoms with van der Waals surface area (Å²) in [6.45, 7) is 9.07. The predicted molar refractivity (Wildman–Crippen MR) is 54.9 cm³/mol. The van der Waals surface area contributed by atoms with Gasteiger partial charge < -0.3 is 14.8 Å². The molecule has 0 radical (unpaired) electrons. The van der Waals surface area contributed by atoms with Crippen molar-refractivity contribution in [3.05, 3.63) is 12.7 Å². The van der Waals surface area contributed by atoms with Gasteiger partial charge in [0.25, 0.3) is 0 Å². The normalized spacial score (nSPS) is 15.3. The van der Waals surface area contributed by atoms with Crippen molar-refractivity contribution in [3.63, 3.8) is 0 Å². The summed E-state index contributed by atoms with van der Waals surface area (Å²) in [4.78, 5) is 0. The topological polar surface area (TPSA) is 30.5 Å². The van der Waals surface area contributed by atoms with Crippen molar-refractivity contribution >= 4 is 0 Å². The molecule has 0 spiro atoms. The lowest BCUT2D eigenvalue weighted by atomic mass is 9.92. The maximum atomic E-state index is 5.11. The van der Waals surface area contributed by atoms with Crippen LogP contribution in [-0.4, -0.2) is 40.5 Å². The van der Waals surface area contributed by atoms with E-state index >= 15 is 0 Å². The summed E-state index contributed by atoms with van der Waals surface area (Å²) in [7, 11) is 3.40. The molecule has 0 aromatic rings. The zero-order chi connectivity index (χ0) is 10.2. The van der Waals surface area contributed by atoms with Crippen molar-refractivity contribution in [1.82, 2.24) is 5.32 Å². The van der Waals surface area contributed by atoms with Gasteiger partial charge in [-0.15, -0.1) is 6.58 Å². The molecule has 1 atom stereocenters. The van der Waals surface area contributed by atoms with Crippen LogP contribution in [0.25, 0.3) is 0 Å². The van der Waals surface area contributed by atoms with Gasteiger partial charge in [-0.25, -0.2) is 0 Å². The first kappa shape index (κ1) is 12.6. The van der Waals surface area contributed by atoms with E-state index in [2.05, 4.69) is 18.8 Å². The van der Waals surface area contributed by atoms with Gasteiger partial charge in [0.05, 0.1) is 13.2 Å². The van der Waals surface area contributed by atoms with Gasteiger partial charge in [-0.3, -0.25) is 0 Å². The quantitative estimate of drug-likeness (QED) is 0.455. The number of hydrogen-bond acceptors (Lipinski definition) is 3. The van der Waals surface area contributed by atoms with Crippen LogP contribution in [0, 0.1) is 5.41 Å². The minimum Gasteiger partial charge on any atom is -0.384 e. The van der Waals surface area contributed by atoms with Crippen LogP contribution in [-0.2, 0) is 9.47 Å². The fourth-order valence-corrected chi connectivity index (χ4v) is 1.06. The minimum absolute atomic E-state index is 0.0164. The SMILES string of the molecule is C=CC(C)(CNCCOC)COC. The summed E-state index contributed by atoms with van der Waals surface area (Å²) in [6, 6.07) is 0. The van der Waals surface area contributed by atoms with Gasteiger partial charge in [-0.2, -0.15) is 0 Å². The van der Waals surface area contributed by atoms with Crippen LogP contribution >= 0.6 is 0 Å². The largest absolute Gasteiger partial charge is 0.384 e. The molecule has 3 nitrogen and oxygen atoms in total. The van der Waals surface area contributed by atoms with Gasteiger partial charge in [-0.1, -0.05) is 13.0 Å². The molecule has 0 fully saturated rings. The number of methoxy groups -OCH3 is 2. The lowest BCUT2D eigenvalue weighted by Crippen LogP contribution is -2.35. The molecule has 0 heterocycles. The maximum Gasteiger partial charge on any atom is 0.0587 e. The first-order valence-corrected chi connectivity index (χ1v) is 4.50. The summed E-state index contributed by atoms with van der Waals surface area (Å²) in [5, 5.41) is 3.29. The van der Waals surface area contributed by atoms with E-state index in [9.17, 15) is 0 Å². The Balaban J connectivity index is 3.63. The highest BCUT2D eigenvalue weighted by Crippen LogP contribution is 2.15. The first-order chi connectivity index (χ1) is 6.18. The van der Waals surface area contributed by atoms with Gasteiger partial charge in [0.1, 0.15) is 0 Å². The molecule has 0 aliphatic carbocycles. The number of rotatable bonds is 8. The molecule has 0 rings (SSSR count). The van der Waals surface area contributed by atoms with Crippen molar-refractivity contribution in [3.8, 4) is 0 Å². The maximum absolute atomic E-state index is 5.11. The fraction of sp³-hybridized carbons (Fsp3) is 0.800. The van der Waals surface area contributed by atoms with Crippen LogP contribution in [0.5, 0.6) is 0 Å². The highest BCUT2D eigenvalue weighted by Gasteiger charge is 2.18. The second-order valence-electron chi connectivity index (χ2n) is 3.46. The van der Waals surface area contributed by atoms with Crippen molar-refractivity contribution < 1.29 is 9.47 Å². The molecule has 78 valence electrons. The van der Waals surface area contributed by atoms with Crippen LogP contribution in [0.15, 0.2) is 12.7 Å². The van der Waals surface area contributed by atoms with Crippen molar-refractivity contribution in [1.29, 1.82) is 0 Å². The van der Waals surface area contributed by atoms with Crippen molar-refractivity contribution in [2.75, 3.05) is 40.5 Å². The smallest absolute Gasteiger partial charge is 0.0587 e. The van der Waals surface area contributed by atoms with Crippen molar-refractivity contribution in [2.24, 2.45) is 5.41 Å². The van der Waals surface area contributed by atoms with Gasteiger partial charge in [0.2, 0.25) is 0 Å². The predicted octanol–water partition coefficient (Wildman–Crippen LogP) is 1.06. The van der Waals surface area contributed by atoms with Gasteiger partial charge >= 0.3 is 0 Å². The third kappa shape index (κ3) is 5.80. The average molecular weight is 187 g/mol. The Morgan fingerprint density at radius 3 is 2.54 bits per heavy atom. The van der Waals surface area contributed by atoms with E-state index in [1.165, 1.54) is 0 Å². The Hall–Kier alpha value is -0.380. The summed E-state index contributed by atoms with van der Waals surface area (Å²) >= 11 is 0. The molecule has 0 bridgehead atoms. The summed E-state index contributed by atoms with van der Waals surface area (Å²) < 4.78 is 10.0. The number of nitrogens with one attached hydrogen (secondary N) is 1. The molecule has 3 heteroatoms. The molecular formula is C10H21NO2. The Bertz CT molecular complexity index is 139. The van der Waals surface area contributed by atoms with Crippen LogP contribution < -0.4 is 5.32 Å². The summed E-state index contributed by atoms with van der Waals surface area (Å²) in [5.74, 6) is 0. The van der Waals surface area contributed by atoms with E-state index < -0.39 is 0 Å². The highest BCUT2D eigenvalue weighted by atomic mass is 16.5. The Labute approximate surface area is 81.1 Å². The van der Waals surface area contributed by atoms with Crippen LogP contribution in [0.1, 0.15) is 6.92 Å². The number of hydrogen-bond donors (Lipinski definition) is 1. The van der Waals surface area contributed by atoms with Gasteiger partial charge in [-0.05, 0) is 0 Å². The molecule has 0 aromatic carbocycles. The zero-order valence-electron chi connectivity index (χ0n) is 8.93. The van der Waals surface area contributed by atoms with E-state index in [1.54, 1.807) is 14.2 Å². The molecule has 0 saturated heterocycles. The number of ether oxygens (including phenoxy) is 2. The molecule has 0 aliphatic heterocycles. The van der Waals surface area contributed by atoms with E-state index in [4.69, 9.17) is 9.47 Å². The lowest BCUT2D eigenvalue weighted by Gasteiger charge is -2.24.